The number of ether oxygens (including phenoxy) is 1. The van der Waals surface area contributed by atoms with Gasteiger partial charge >= 0.3 is 5.69 Å². The summed E-state index contributed by atoms with van der Waals surface area (Å²) >= 11 is 0. The molecule has 7 rings (SSSR count). The van der Waals surface area contributed by atoms with Gasteiger partial charge in [0.05, 0.1) is 12.7 Å². The zero-order chi connectivity index (χ0) is 30.6. The molecule has 44 heavy (non-hydrogen) atoms. The fourth-order valence-electron chi connectivity index (χ4n) is 6.54. The third kappa shape index (κ3) is 5.09. The molecular formula is C32H33N5O6P-. The van der Waals surface area contributed by atoms with E-state index in [1.54, 1.807) is 6.92 Å². The molecule has 4 aromatic carbocycles. The summed E-state index contributed by atoms with van der Waals surface area (Å²) in [5.74, 6) is -0.120. The maximum absolute atomic E-state index is 13.0. The van der Waals surface area contributed by atoms with Gasteiger partial charge in [0.1, 0.15) is 13.8 Å². The van der Waals surface area contributed by atoms with Gasteiger partial charge in [0.2, 0.25) is 5.95 Å². The first-order valence-corrected chi connectivity index (χ1v) is 16.6. The highest BCUT2D eigenvalue weighted by Gasteiger charge is 2.31. The van der Waals surface area contributed by atoms with Crippen LogP contribution in [-0.4, -0.2) is 37.9 Å². The van der Waals surface area contributed by atoms with Crippen LogP contribution in [-0.2, 0) is 20.2 Å². The second kappa shape index (κ2) is 11.2. The number of aryl methyl sites for hydroxylation is 1. The number of nitrogen functional groups attached to an aromatic ring is 1. The molecule has 3 heterocycles. The van der Waals surface area contributed by atoms with E-state index in [1.165, 1.54) is 42.4 Å². The summed E-state index contributed by atoms with van der Waals surface area (Å²) in [7, 11) is -4.15. The summed E-state index contributed by atoms with van der Waals surface area (Å²) in [4.78, 5) is 46.5. The lowest BCUT2D eigenvalue weighted by molar-refractivity contribution is -0.203. The number of imidazole rings is 1. The van der Waals surface area contributed by atoms with E-state index >= 15 is 0 Å². The number of hydrogen-bond acceptors (Lipinski definition) is 8. The number of anilines is 1. The monoisotopic (exact) mass is 614 g/mol. The fraction of sp³-hybridized carbons (Fsp3) is 0.344. The molecule has 1 saturated heterocycles. The summed E-state index contributed by atoms with van der Waals surface area (Å²) in [5.41, 5.74) is 5.27. The maximum Gasteiger partial charge on any atom is 0.329 e. The molecule has 4 atom stereocenters. The van der Waals surface area contributed by atoms with Crippen molar-refractivity contribution in [1.82, 2.24) is 19.5 Å². The Morgan fingerprint density at radius 2 is 1.77 bits per heavy atom. The van der Waals surface area contributed by atoms with E-state index in [0.29, 0.717) is 19.3 Å². The smallest absolute Gasteiger partial charge is 0.329 e. The van der Waals surface area contributed by atoms with E-state index < -0.39 is 36.8 Å². The molecule has 0 amide bonds. The van der Waals surface area contributed by atoms with Crippen LogP contribution in [0.3, 0.4) is 0 Å². The maximum atomic E-state index is 13.0. The van der Waals surface area contributed by atoms with Gasteiger partial charge in [0.25, 0.3) is 5.56 Å². The number of hydrogen-bond donors (Lipinski definition) is 3. The molecule has 0 bridgehead atoms. The van der Waals surface area contributed by atoms with Gasteiger partial charge in [-0.1, -0.05) is 67.9 Å². The number of H-pyrrole nitrogens is 2. The number of nitrogens with zero attached hydrogens (tertiary/aromatic N) is 2. The third-order valence-electron chi connectivity index (χ3n) is 8.89. The highest BCUT2D eigenvalue weighted by Crippen LogP contribution is 2.46. The van der Waals surface area contributed by atoms with Crippen LogP contribution in [0.25, 0.3) is 43.5 Å². The second-order valence-corrected chi connectivity index (χ2v) is 14.0. The van der Waals surface area contributed by atoms with Crippen molar-refractivity contribution < 1.29 is 18.7 Å². The Balaban J connectivity index is 0.942. The molecule has 6 aromatic rings. The van der Waals surface area contributed by atoms with Crippen molar-refractivity contribution in [3.63, 3.8) is 0 Å². The third-order valence-corrected chi connectivity index (χ3v) is 10.7. The molecule has 0 saturated carbocycles. The van der Waals surface area contributed by atoms with E-state index in [1.807, 2.05) is 0 Å². The van der Waals surface area contributed by atoms with Gasteiger partial charge in [-0.05, 0) is 70.0 Å². The van der Waals surface area contributed by atoms with Gasteiger partial charge in [0.15, 0.2) is 11.2 Å². The minimum atomic E-state index is -4.15. The molecule has 2 aromatic heterocycles. The highest BCUT2D eigenvalue weighted by atomic mass is 31.2. The number of nitrogens with two attached hydrogens (primary N) is 1. The molecule has 0 radical (unpaired) electrons. The summed E-state index contributed by atoms with van der Waals surface area (Å²) in [6, 6.07) is 19.5. The van der Waals surface area contributed by atoms with Crippen molar-refractivity contribution in [2.24, 2.45) is 0 Å². The Bertz CT molecular complexity index is 2150. The van der Waals surface area contributed by atoms with Crippen LogP contribution >= 0.6 is 7.60 Å². The topological polar surface area (TPSA) is 168 Å². The first-order chi connectivity index (χ1) is 21.2. The van der Waals surface area contributed by atoms with E-state index in [4.69, 9.17) is 15.0 Å². The molecule has 1 fully saturated rings. The zero-order valence-electron chi connectivity index (χ0n) is 24.2. The normalized spacial score (nSPS) is 19.4. The van der Waals surface area contributed by atoms with E-state index in [2.05, 4.69) is 69.5 Å². The second-order valence-electron chi connectivity index (χ2n) is 11.8. The zero-order valence-corrected chi connectivity index (χ0v) is 25.1. The van der Waals surface area contributed by atoms with Crippen molar-refractivity contribution in [2.45, 2.75) is 63.4 Å². The van der Waals surface area contributed by atoms with Crippen LogP contribution < -0.4 is 21.9 Å². The average Bonchev–Trinajstić information content (AvgIpc) is 3.61. The number of fused-ring (bicyclic) bond motifs is 1. The predicted molar refractivity (Wildman–Crippen MR) is 169 cm³/mol. The van der Waals surface area contributed by atoms with Crippen molar-refractivity contribution in [3.8, 4) is 0 Å². The van der Waals surface area contributed by atoms with E-state index in [-0.39, 0.29) is 23.7 Å². The largest absolute Gasteiger partial charge is 0.778 e. The standard InChI is InChI=1S/C32H34N5O6P/c1-18(5-2-3-6-19-9-10-22-12-11-20-7-4-8-21-13-15-24(19)27(22)26(20)21)44(40,41)42-17-23-14-16-25(43-23)37-29-28(34-32(37)39)30(38)36-31(33)35-29/h4,7-13,15,18,23,25H,2-3,5-6,14,16-17H2,1H3,(H,34,39)(H,40,41)(H3,33,35,36,38)/p-1/t18?,23-,25+/m0/s1. The Hall–Kier alpha value is -4.02. The molecule has 12 heteroatoms. The van der Waals surface area contributed by atoms with Gasteiger partial charge in [-0.15, -0.1) is 0 Å². The van der Waals surface area contributed by atoms with Gasteiger partial charge in [0, 0.05) is 5.66 Å². The van der Waals surface area contributed by atoms with Crippen LogP contribution in [0.4, 0.5) is 5.95 Å². The average molecular weight is 615 g/mol. The van der Waals surface area contributed by atoms with Gasteiger partial charge in [-0.25, -0.2) is 9.36 Å². The molecule has 2 unspecified atom stereocenters. The van der Waals surface area contributed by atoms with Crippen LogP contribution in [0.2, 0.25) is 0 Å². The van der Waals surface area contributed by atoms with Crippen molar-refractivity contribution in [3.05, 3.63) is 81.0 Å². The van der Waals surface area contributed by atoms with Crippen molar-refractivity contribution in [1.29, 1.82) is 0 Å². The number of unbranched alkanes of at least 4 members (excludes halogenated alkanes) is 1. The SMILES string of the molecule is CC(CCCCc1ccc2ccc3cccc4ccc1c2c34)P(=O)([O-])OC[C@@H]1CC[C@H](n2c(=O)[nH]c3c(=O)[nH]c(N)nc32)O1. The highest BCUT2D eigenvalue weighted by molar-refractivity contribution is 7.52. The lowest BCUT2D eigenvalue weighted by Crippen LogP contribution is -2.25. The molecular weight excluding hydrogens is 581 g/mol. The Labute approximate surface area is 251 Å². The molecule has 11 nitrogen and oxygen atoms in total. The minimum absolute atomic E-state index is 0.00420. The first-order valence-electron chi connectivity index (χ1n) is 15.0. The van der Waals surface area contributed by atoms with Crippen LogP contribution in [0, 0.1) is 0 Å². The number of benzene rings is 4. The number of rotatable bonds is 10. The molecule has 1 aliphatic heterocycles. The summed E-state index contributed by atoms with van der Waals surface area (Å²) in [6.45, 7) is 1.54. The molecule has 0 aliphatic carbocycles. The summed E-state index contributed by atoms with van der Waals surface area (Å²) < 4.78 is 25.6. The first kappa shape index (κ1) is 28.7. The fourth-order valence-corrected chi connectivity index (χ4v) is 7.66. The lowest BCUT2D eigenvalue weighted by Gasteiger charge is -2.30. The van der Waals surface area contributed by atoms with Crippen molar-refractivity contribution in [2.75, 3.05) is 12.3 Å². The minimum Gasteiger partial charge on any atom is -0.778 e. The van der Waals surface area contributed by atoms with Crippen LogP contribution in [0.15, 0.2) is 64.2 Å². The molecule has 228 valence electrons. The Kier molecular flexibility index (Phi) is 7.29. The van der Waals surface area contributed by atoms with Gasteiger partial charge in [-0.2, -0.15) is 4.98 Å². The quantitative estimate of drug-likeness (QED) is 0.111. The summed E-state index contributed by atoms with van der Waals surface area (Å²) in [6.07, 6.45) is 2.63. The lowest BCUT2D eigenvalue weighted by atomic mass is 9.90. The number of aromatic nitrogens is 4. The molecule has 1 aliphatic rings. The predicted octanol–water partition coefficient (Wildman–Crippen LogP) is 4.94. The molecule has 0 spiro atoms. The number of nitrogens with one attached hydrogen (secondary N) is 2. The summed E-state index contributed by atoms with van der Waals surface area (Å²) in [5, 5.41) is 7.56. The van der Waals surface area contributed by atoms with Crippen LogP contribution in [0.5, 0.6) is 0 Å². The van der Waals surface area contributed by atoms with Crippen molar-refractivity contribution >= 4 is 57.0 Å². The Morgan fingerprint density at radius 3 is 2.57 bits per heavy atom. The van der Waals surface area contributed by atoms with Gasteiger partial charge < -0.3 is 24.5 Å². The molecule has 4 N–H and O–H groups in total. The Morgan fingerprint density at radius 1 is 1.05 bits per heavy atom. The number of aromatic amines is 2. The van der Waals surface area contributed by atoms with Gasteiger partial charge in [-0.3, -0.25) is 14.8 Å². The van der Waals surface area contributed by atoms with E-state index in [0.717, 1.165) is 19.3 Å². The van der Waals surface area contributed by atoms with Crippen LogP contribution in [0.1, 0.15) is 50.8 Å². The van der Waals surface area contributed by atoms with E-state index in [9.17, 15) is 19.0 Å².